The SMILES string of the molecule is CC(=NC1(C)CCOCC1)C1=C(N)OCC[C@@H](C)Nc2nc(ncc2Cl)N1. The van der Waals surface area contributed by atoms with Crippen molar-refractivity contribution in [1.82, 2.24) is 9.97 Å². The van der Waals surface area contributed by atoms with Gasteiger partial charge in [0.1, 0.15) is 10.7 Å². The molecule has 3 heterocycles. The van der Waals surface area contributed by atoms with Crippen LogP contribution in [-0.4, -0.2) is 47.1 Å². The van der Waals surface area contributed by atoms with Crippen molar-refractivity contribution in [2.24, 2.45) is 10.7 Å². The number of aliphatic imine (C=N–C) groups is 1. The fourth-order valence-corrected chi connectivity index (χ4v) is 3.22. The molecule has 0 amide bonds. The maximum Gasteiger partial charge on any atom is 0.229 e. The molecule has 27 heavy (non-hydrogen) atoms. The number of rotatable bonds is 2. The number of nitrogens with one attached hydrogen (secondary N) is 2. The minimum absolute atomic E-state index is 0.121. The first-order chi connectivity index (χ1) is 12.9. The maximum absolute atomic E-state index is 6.24. The van der Waals surface area contributed by atoms with Gasteiger partial charge in [0, 0.05) is 25.7 Å². The summed E-state index contributed by atoms with van der Waals surface area (Å²) in [7, 11) is 0. The van der Waals surface area contributed by atoms with Crippen LogP contribution in [0.3, 0.4) is 0 Å². The van der Waals surface area contributed by atoms with E-state index in [0.717, 1.165) is 25.0 Å². The molecule has 2 aliphatic heterocycles. The van der Waals surface area contributed by atoms with Gasteiger partial charge in [-0.3, -0.25) is 4.99 Å². The van der Waals surface area contributed by atoms with Crippen LogP contribution in [0, 0.1) is 0 Å². The zero-order valence-corrected chi connectivity index (χ0v) is 16.8. The molecule has 2 aliphatic rings. The summed E-state index contributed by atoms with van der Waals surface area (Å²) >= 11 is 6.21. The highest BCUT2D eigenvalue weighted by Crippen LogP contribution is 2.27. The van der Waals surface area contributed by atoms with Gasteiger partial charge in [-0.2, -0.15) is 4.98 Å². The Labute approximate surface area is 164 Å². The van der Waals surface area contributed by atoms with E-state index >= 15 is 0 Å². The second kappa shape index (κ2) is 8.31. The highest BCUT2D eigenvalue weighted by Gasteiger charge is 2.28. The van der Waals surface area contributed by atoms with Crippen molar-refractivity contribution < 1.29 is 9.47 Å². The smallest absolute Gasteiger partial charge is 0.229 e. The summed E-state index contributed by atoms with van der Waals surface area (Å²) in [5.74, 6) is 1.23. The average Bonchev–Trinajstić information content (AvgIpc) is 2.63. The van der Waals surface area contributed by atoms with Crippen LogP contribution < -0.4 is 16.4 Å². The third kappa shape index (κ3) is 5.01. The van der Waals surface area contributed by atoms with Crippen LogP contribution >= 0.6 is 11.6 Å². The lowest BCUT2D eigenvalue weighted by molar-refractivity contribution is 0.0602. The third-order valence-corrected chi connectivity index (χ3v) is 5.06. The Balaban J connectivity index is 1.95. The standard InChI is InChI=1S/C18H27ClN6O2/c1-11-4-7-27-15(20)14(12(2)25-18(3)5-8-26-9-6-18)23-17-21-10-13(19)16(22-11)24-17/h10-11H,4-9,20H2,1-3H3,(H2,21,22,23,24)/t11-/m1/s1. The molecule has 1 aromatic rings. The van der Waals surface area contributed by atoms with Gasteiger partial charge in [0.25, 0.3) is 0 Å². The highest BCUT2D eigenvalue weighted by atomic mass is 35.5. The summed E-state index contributed by atoms with van der Waals surface area (Å²) in [4.78, 5) is 13.6. The zero-order chi connectivity index (χ0) is 19.4. The monoisotopic (exact) mass is 394 g/mol. The largest absolute Gasteiger partial charge is 0.478 e. The highest BCUT2D eigenvalue weighted by molar-refractivity contribution is 6.32. The molecule has 0 radical (unpaired) electrons. The van der Waals surface area contributed by atoms with E-state index in [1.807, 2.05) is 13.8 Å². The molecule has 0 unspecified atom stereocenters. The van der Waals surface area contributed by atoms with Crippen LogP contribution in [0.4, 0.5) is 11.8 Å². The van der Waals surface area contributed by atoms with Crippen molar-refractivity contribution in [2.45, 2.75) is 51.6 Å². The van der Waals surface area contributed by atoms with Crippen LogP contribution in [0.25, 0.3) is 0 Å². The molecule has 8 nitrogen and oxygen atoms in total. The Morgan fingerprint density at radius 3 is 2.85 bits per heavy atom. The molecule has 1 saturated heterocycles. The maximum atomic E-state index is 6.24. The Kier molecular flexibility index (Phi) is 6.06. The fraction of sp³-hybridized carbons (Fsp3) is 0.611. The van der Waals surface area contributed by atoms with Gasteiger partial charge in [-0.25, -0.2) is 4.98 Å². The van der Waals surface area contributed by atoms with E-state index in [2.05, 4.69) is 27.5 Å². The third-order valence-electron chi connectivity index (χ3n) is 4.79. The molecule has 4 N–H and O–H groups in total. The van der Waals surface area contributed by atoms with Gasteiger partial charge < -0.3 is 25.8 Å². The predicted octanol–water partition coefficient (Wildman–Crippen LogP) is 2.92. The summed E-state index contributed by atoms with van der Waals surface area (Å²) in [6.45, 7) is 7.95. The zero-order valence-electron chi connectivity index (χ0n) is 16.0. The summed E-state index contributed by atoms with van der Waals surface area (Å²) < 4.78 is 11.2. The molecule has 0 saturated carbocycles. The molecule has 1 aromatic heterocycles. The Hall–Kier alpha value is -2.06. The molecule has 0 aromatic carbocycles. The van der Waals surface area contributed by atoms with E-state index in [0.29, 0.717) is 42.3 Å². The van der Waals surface area contributed by atoms with Gasteiger partial charge in [-0.15, -0.1) is 0 Å². The molecule has 1 atom stereocenters. The Morgan fingerprint density at radius 1 is 1.37 bits per heavy atom. The van der Waals surface area contributed by atoms with Crippen LogP contribution in [-0.2, 0) is 9.47 Å². The van der Waals surface area contributed by atoms with E-state index in [4.69, 9.17) is 31.8 Å². The number of nitrogens with zero attached hydrogens (tertiary/aromatic N) is 3. The molecule has 1 fully saturated rings. The van der Waals surface area contributed by atoms with Crippen LogP contribution in [0.15, 0.2) is 22.8 Å². The number of halogens is 1. The van der Waals surface area contributed by atoms with Gasteiger partial charge in [0.15, 0.2) is 5.82 Å². The average molecular weight is 395 g/mol. The normalized spacial score (nSPS) is 23.6. The second-order valence-electron chi connectivity index (χ2n) is 7.24. The van der Waals surface area contributed by atoms with Crippen molar-refractivity contribution in [3.63, 3.8) is 0 Å². The lowest BCUT2D eigenvalue weighted by Gasteiger charge is -2.30. The van der Waals surface area contributed by atoms with Crippen molar-refractivity contribution >= 4 is 29.1 Å². The van der Waals surface area contributed by atoms with Crippen LogP contribution in [0.1, 0.15) is 40.0 Å². The van der Waals surface area contributed by atoms with Gasteiger partial charge in [0.05, 0.1) is 24.1 Å². The molecule has 3 rings (SSSR count). The number of ether oxygens (including phenoxy) is 2. The number of allylic oxidation sites excluding steroid dienone is 1. The molecule has 0 aliphatic carbocycles. The number of hydrogen-bond donors (Lipinski definition) is 3. The van der Waals surface area contributed by atoms with Crippen molar-refractivity contribution in [3.05, 3.63) is 22.8 Å². The van der Waals surface area contributed by atoms with Gasteiger partial charge in [-0.05, 0) is 33.6 Å². The minimum Gasteiger partial charge on any atom is -0.478 e. The van der Waals surface area contributed by atoms with E-state index in [1.54, 1.807) is 6.20 Å². The van der Waals surface area contributed by atoms with Gasteiger partial charge >= 0.3 is 0 Å². The van der Waals surface area contributed by atoms with E-state index in [-0.39, 0.29) is 17.5 Å². The summed E-state index contributed by atoms with van der Waals surface area (Å²) in [6, 6.07) is 0.121. The number of fused-ring (bicyclic) bond motifs is 2. The predicted molar refractivity (Wildman–Crippen MR) is 107 cm³/mol. The molecule has 2 bridgehead atoms. The molecular weight excluding hydrogens is 368 g/mol. The van der Waals surface area contributed by atoms with Crippen molar-refractivity contribution in [3.8, 4) is 0 Å². The van der Waals surface area contributed by atoms with Crippen molar-refractivity contribution in [2.75, 3.05) is 30.5 Å². The van der Waals surface area contributed by atoms with E-state index < -0.39 is 0 Å². The van der Waals surface area contributed by atoms with E-state index in [9.17, 15) is 0 Å². The lowest BCUT2D eigenvalue weighted by Crippen LogP contribution is -2.33. The molecular formula is C18H27ClN6O2. The summed E-state index contributed by atoms with van der Waals surface area (Å²) in [6.07, 6.45) is 4.03. The Bertz CT molecular complexity index is 745. The number of aromatic nitrogens is 2. The first-order valence-electron chi connectivity index (χ1n) is 9.19. The van der Waals surface area contributed by atoms with E-state index in [1.165, 1.54) is 0 Å². The first-order valence-corrected chi connectivity index (χ1v) is 9.57. The van der Waals surface area contributed by atoms with Gasteiger partial charge in [-0.1, -0.05) is 11.6 Å². The number of hydrogen-bond acceptors (Lipinski definition) is 8. The number of nitrogens with two attached hydrogens (primary N) is 1. The topological polar surface area (TPSA) is 107 Å². The molecule has 9 heteroatoms. The fourth-order valence-electron chi connectivity index (χ4n) is 3.08. The summed E-state index contributed by atoms with van der Waals surface area (Å²) in [5, 5.41) is 6.90. The molecule has 0 spiro atoms. The number of anilines is 2. The van der Waals surface area contributed by atoms with Crippen molar-refractivity contribution in [1.29, 1.82) is 0 Å². The van der Waals surface area contributed by atoms with Crippen LogP contribution in [0.2, 0.25) is 5.02 Å². The first kappa shape index (κ1) is 19.7. The minimum atomic E-state index is -0.189. The summed E-state index contributed by atoms with van der Waals surface area (Å²) in [5.41, 5.74) is 7.37. The molecule has 148 valence electrons. The quantitative estimate of drug-likeness (QED) is 0.662. The lowest BCUT2D eigenvalue weighted by atomic mass is 9.93. The second-order valence-corrected chi connectivity index (χ2v) is 7.65. The van der Waals surface area contributed by atoms with Crippen LogP contribution in [0.5, 0.6) is 0 Å². The van der Waals surface area contributed by atoms with Gasteiger partial charge in [0.2, 0.25) is 11.8 Å². The Morgan fingerprint density at radius 2 is 2.11 bits per heavy atom.